The van der Waals surface area contributed by atoms with E-state index in [9.17, 15) is 4.79 Å². The van der Waals surface area contributed by atoms with Gasteiger partial charge in [0.15, 0.2) is 0 Å². The first-order valence-corrected chi connectivity index (χ1v) is 7.22. The lowest BCUT2D eigenvalue weighted by Gasteiger charge is -2.23. The molecule has 3 nitrogen and oxygen atoms in total. The lowest BCUT2D eigenvalue weighted by atomic mass is 10.2. The van der Waals surface area contributed by atoms with Gasteiger partial charge in [0.25, 0.3) is 0 Å². The van der Waals surface area contributed by atoms with Crippen molar-refractivity contribution in [3.05, 3.63) is 28.0 Å². The summed E-state index contributed by atoms with van der Waals surface area (Å²) in [6.07, 6.45) is 8.17. The molecule has 2 rings (SSSR count). The normalized spacial score (nSPS) is 17.0. The van der Waals surface area contributed by atoms with Crippen molar-refractivity contribution in [2.45, 2.75) is 38.3 Å². The van der Waals surface area contributed by atoms with Crippen LogP contribution in [0.1, 0.15) is 36.1 Å². The molecule has 1 fully saturated rings. The number of thiophene rings is 1. The van der Waals surface area contributed by atoms with Crippen molar-refractivity contribution in [2.24, 2.45) is 0 Å². The Morgan fingerprint density at radius 3 is 2.94 bits per heavy atom. The maximum absolute atomic E-state index is 10.5. The van der Waals surface area contributed by atoms with Crippen molar-refractivity contribution >= 4 is 23.4 Å². The minimum absolute atomic E-state index is 0.698. The Morgan fingerprint density at radius 2 is 2.28 bits per heavy atom. The van der Waals surface area contributed by atoms with Crippen molar-refractivity contribution in [3.63, 3.8) is 0 Å². The number of hydrogen-bond donors (Lipinski definition) is 1. The molecule has 1 aliphatic carbocycles. The summed E-state index contributed by atoms with van der Waals surface area (Å²) in [5, 5.41) is 10.7. The van der Waals surface area contributed by atoms with Gasteiger partial charge in [-0.2, -0.15) is 0 Å². The number of hydrogen-bond acceptors (Lipinski definition) is 3. The highest BCUT2D eigenvalue weighted by Crippen LogP contribution is 2.26. The molecule has 0 atom stereocenters. The van der Waals surface area contributed by atoms with Crippen LogP contribution in [-0.2, 0) is 11.3 Å². The average Bonchev–Trinajstić information content (AvgIpc) is 2.97. The fourth-order valence-electron chi connectivity index (χ4n) is 2.49. The molecular formula is C14H19NO2S. The zero-order valence-corrected chi connectivity index (χ0v) is 11.4. The predicted molar refractivity (Wildman–Crippen MR) is 74.7 cm³/mol. The van der Waals surface area contributed by atoms with Crippen LogP contribution in [0.4, 0.5) is 0 Å². The van der Waals surface area contributed by atoms with Crippen LogP contribution in [0.2, 0.25) is 0 Å². The van der Waals surface area contributed by atoms with Gasteiger partial charge in [0.2, 0.25) is 0 Å². The summed E-state index contributed by atoms with van der Waals surface area (Å²) in [4.78, 5) is 14.2. The fourth-order valence-corrected chi connectivity index (χ4v) is 3.42. The third kappa shape index (κ3) is 3.43. The summed E-state index contributed by atoms with van der Waals surface area (Å²) in [5.41, 5.74) is 1.03. The van der Waals surface area contributed by atoms with Crippen LogP contribution in [0.5, 0.6) is 0 Å². The van der Waals surface area contributed by atoms with Crippen molar-refractivity contribution in [1.82, 2.24) is 4.90 Å². The van der Waals surface area contributed by atoms with E-state index < -0.39 is 5.97 Å². The lowest BCUT2D eigenvalue weighted by molar-refractivity contribution is -0.131. The highest BCUT2D eigenvalue weighted by atomic mass is 32.1. The molecule has 1 heterocycles. The summed E-state index contributed by atoms with van der Waals surface area (Å²) < 4.78 is 0. The molecule has 1 aromatic rings. The van der Waals surface area contributed by atoms with Gasteiger partial charge in [-0.15, -0.1) is 11.3 Å². The van der Waals surface area contributed by atoms with E-state index in [-0.39, 0.29) is 0 Å². The van der Waals surface area contributed by atoms with Gasteiger partial charge in [-0.05, 0) is 43.0 Å². The van der Waals surface area contributed by atoms with Crippen LogP contribution < -0.4 is 0 Å². The molecule has 1 N–H and O–H groups in total. The molecule has 0 unspecified atom stereocenters. The Balaban J connectivity index is 2.00. The second-order valence-electron chi connectivity index (χ2n) is 4.82. The molecule has 0 radical (unpaired) electrons. The second kappa shape index (κ2) is 6.16. The van der Waals surface area contributed by atoms with E-state index in [2.05, 4.69) is 11.9 Å². The molecule has 0 aliphatic heterocycles. The van der Waals surface area contributed by atoms with Crippen LogP contribution in [0.25, 0.3) is 6.08 Å². The summed E-state index contributed by atoms with van der Waals surface area (Å²) in [7, 11) is 2.17. The number of carboxylic acids is 1. The molecule has 98 valence electrons. The largest absolute Gasteiger partial charge is 0.478 e. The van der Waals surface area contributed by atoms with Crippen molar-refractivity contribution in [1.29, 1.82) is 0 Å². The maximum Gasteiger partial charge on any atom is 0.328 e. The molecule has 4 heteroatoms. The van der Waals surface area contributed by atoms with E-state index in [1.807, 2.05) is 11.4 Å². The molecule has 1 aliphatic rings. The van der Waals surface area contributed by atoms with E-state index in [1.165, 1.54) is 36.6 Å². The fraction of sp³-hybridized carbons (Fsp3) is 0.500. The maximum atomic E-state index is 10.5. The smallest absolute Gasteiger partial charge is 0.328 e. The van der Waals surface area contributed by atoms with Gasteiger partial charge in [-0.25, -0.2) is 4.79 Å². The van der Waals surface area contributed by atoms with Gasteiger partial charge in [-0.3, -0.25) is 4.90 Å². The molecule has 0 spiro atoms. The van der Waals surface area contributed by atoms with Gasteiger partial charge in [0.05, 0.1) is 0 Å². The minimum atomic E-state index is -0.892. The van der Waals surface area contributed by atoms with Gasteiger partial charge in [-0.1, -0.05) is 12.8 Å². The van der Waals surface area contributed by atoms with Gasteiger partial charge in [0.1, 0.15) is 0 Å². The monoisotopic (exact) mass is 265 g/mol. The molecule has 0 saturated heterocycles. The minimum Gasteiger partial charge on any atom is -0.478 e. The molecule has 1 saturated carbocycles. The average molecular weight is 265 g/mol. The SMILES string of the molecule is CN(Cc1sccc1C=CC(=O)O)C1CCCC1. The van der Waals surface area contributed by atoms with Crippen LogP contribution in [0.15, 0.2) is 17.5 Å². The first-order chi connectivity index (χ1) is 8.66. The van der Waals surface area contributed by atoms with E-state index >= 15 is 0 Å². The van der Waals surface area contributed by atoms with Gasteiger partial charge >= 0.3 is 5.97 Å². The van der Waals surface area contributed by atoms with E-state index in [0.29, 0.717) is 6.04 Å². The van der Waals surface area contributed by atoms with Crippen LogP contribution in [0, 0.1) is 0 Å². The third-order valence-corrected chi connectivity index (χ3v) is 4.45. The molecule has 18 heavy (non-hydrogen) atoms. The first-order valence-electron chi connectivity index (χ1n) is 6.34. The molecule has 0 bridgehead atoms. The quantitative estimate of drug-likeness (QED) is 0.831. The Bertz CT molecular complexity index is 433. The van der Waals surface area contributed by atoms with Crippen molar-refractivity contribution in [3.8, 4) is 0 Å². The third-order valence-electron chi connectivity index (χ3n) is 3.53. The Morgan fingerprint density at radius 1 is 1.56 bits per heavy atom. The predicted octanol–water partition coefficient (Wildman–Crippen LogP) is 3.22. The number of carbonyl (C=O) groups is 1. The molecule has 1 aromatic heterocycles. The number of aliphatic carboxylic acids is 1. The Hall–Kier alpha value is -1.13. The zero-order valence-electron chi connectivity index (χ0n) is 10.6. The number of carboxylic acid groups (broad SMARTS) is 1. The lowest BCUT2D eigenvalue weighted by Crippen LogP contribution is -2.28. The highest BCUT2D eigenvalue weighted by molar-refractivity contribution is 7.10. The standard InChI is InChI=1S/C14H19NO2S/c1-15(12-4-2-3-5-12)10-13-11(8-9-18-13)6-7-14(16)17/h6-9,12H,2-5,10H2,1H3,(H,16,17). The summed E-state index contributed by atoms with van der Waals surface area (Å²) >= 11 is 1.70. The van der Waals surface area contributed by atoms with E-state index in [1.54, 1.807) is 17.4 Å². The van der Waals surface area contributed by atoms with Crippen molar-refractivity contribution in [2.75, 3.05) is 7.05 Å². The zero-order chi connectivity index (χ0) is 13.0. The van der Waals surface area contributed by atoms with Crippen LogP contribution >= 0.6 is 11.3 Å². The van der Waals surface area contributed by atoms with Crippen LogP contribution in [0.3, 0.4) is 0 Å². The molecule has 0 aromatic carbocycles. The van der Waals surface area contributed by atoms with Crippen molar-refractivity contribution < 1.29 is 9.90 Å². The highest BCUT2D eigenvalue weighted by Gasteiger charge is 2.20. The second-order valence-corrected chi connectivity index (χ2v) is 5.82. The Kier molecular flexibility index (Phi) is 4.55. The van der Waals surface area contributed by atoms with Gasteiger partial charge < -0.3 is 5.11 Å². The topological polar surface area (TPSA) is 40.5 Å². The molecular weight excluding hydrogens is 246 g/mol. The Labute approximate surface area is 112 Å². The van der Waals surface area contributed by atoms with Gasteiger partial charge in [0, 0.05) is 23.5 Å². The van der Waals surface area contributed by atoms with E-state index in [0.717, 1.165) is 12.1 Å². The van der Waals surface area contributed by atoms with E-state index in [4.69, 9.17) is 5.11 Å². The molecule has 0 amide bonds. The summed E-state index contributed by atoms with van der Waals surface area (Å²) in [6.45, 7) is 0.918. The number of nitrogens with zero attached hydrogens (tertiary/aromatic N) is 1. The summed E-state index contributed by atoms with van der Waals surface area (Å²) in [5.74, 6) is -0.892. The van der Waals surface area contributed by atoms with Crippen LogP contribution in [-0.4, -0.2) is 29.1 Å². The summed E-state index contributed by atoms with van der Waals surface area (Å²) in [6, 6.07) is 2.69. The first kappa shape index (κ1) is 13.3. The number of rotatable bonds is 5.